The first-order valence-corrected chi connectivity index (χ1v) is 9.34. The number of nitrogens with one attached hydrogen (secondary N) is 2. The van der Waals surface area contributed by atoms with Crippen molar-refractivity contribution in [3.63, 3.8) is 0 Å². The van der Waals surface area contributed by atoms with Crippen LogP contribution in [0.1, 0.15) is 28.3 Å². The van der Waals surface area contributed by atoms with E-state index < -0.39 is 0 Å². The molecule has 1 aliphatic heterocycles. The first-order valence-electron chi connectivity index (χ1n) is 8.46. The molecule has 1 fully saturated rings. The van der Waals surface area contributed by atoms with Crippen molar-refractivity contribution in [2.24, 2.45) is 11.7 Å². The molecule has 0 spiro atoms. The molecular formula is C17H23N5O2S. The van der Waals surface area contributed by atoms with Crippen LogP contribution in [0, 0.1) is 12.8 Å². The van der Waals surface area contributed by atoms with Crippen LogP contribution in [0.4, 0.5) is 0 Å². The highest BCUT2D eigenvalue weighted by atomic mass is 32.1. The molecule has 1 saturated heterocycles. The van der Waals surface area contributed by atoms with Gasteiger partial charge < -0.3 is 20.9 Å². The molecule has 0 saturated carbocycles. The van der Waals surface area contributed by atoms with Gasteiger partial charge in [0.05, 0.1) is 16.6 Å². The molecule has 2 aromatic heterocycles. The van der Waals surface area contributed by atoms with Gasteiger partial charge in [-0.3, -0.25) is 9.59 Å². The van der Waals surface area contributed by atoms with E-state index in [0.29, 0.717) is 31.9 Å². The Morgan fingerprint density at radius 2 is 2.36 bits per heavy atom. The average molecular weight is 361 g/mol. The fourth-order valence-electron chi connectivity index (χ4n) is 3.05. The molecule has 0 bridgehead atoms. The lowest BCUT2D eigenvalue weighted by Gasteiger charge is -2.31. The van der Waals surface area contributed by atoms with E-state index >= 15 is 0 Å². The molecule has 0 radical (unpaired) electrons. The van der Waals surface area contributed by atoms with E-state index in [9.17, 15) is 9.59 Å². The highest BCUT2D eigenvalue weighted by molar-refractivity contribution is 7.09. The average Bonchev–Trinajstić information content (AvgIpc) is 3.28. The highest BCUT2D eigenvalue weighted by Crippen LogP contribution is 2.24. The topological polar surface area (TPSA) is 104 Å². The zero-order chi connectivity index (χ0) is 17.8. The molecule has 1 aliphatic rings. The number of nitrogens with two attached hydrogens (primary N) is 1. The summed E-state index contributed by atoms with van der Waals surface area (Å²) in [5.41, 5.74) is 7.73. The van der Waals surface area contributed by atoms with Crippen molar-refractivity contribution in [2.45, 2.75) is 19.8 Å². The number of aromatic amines is 1. The molecule has 0 aliphatic carbocycles. The standard InChI is InChI=1S/C17H23N5O2S/c1-11-21-15(10-25-11)13-7-14(20-8-13)17(24)22-6-2-3-12(9-22)16(23)19-5-4-18/h7-8,10,12,20H,2-6,9,18H2,1H3,(H,19,23). The number of H-pyrrole nitrogens is 1. The van der Waals surface area contributed by atoms with Crippen LogP contribution in [0.25, 0.3) is 11.3 Å². The number of thiazole rings is 1. The van der Waals surface area contributed by atoms with Crippen LogP contribution in [-0.2, 0) is 4.79 Å². The Bertz CT molecular complexity index is 754. The van der Waals surface area contributed by atoms with Crippen LogP contribution >= 0.6 is 11.3 Å². The lowest BCUT2D eigenvalue weighted by atomic mass is 9.97. The van der Waals surface area contributed by atoms with E-state index in [1.807, 2.05) is 18.4 Å². The molecule has 1 unspecified atom stereocenters. The summed E-state index contributed by atoms with van der Waals surface area (Å²) < 4.78 is 0. The number of amides is 2. The predicted molar refractivity (Wildman–Crippen MR) is 97.3 cm³/mol. The van der Waals surface area contributed by atoms with Gasteiger partial charge in [0.2, 0.25) is 5.91 Å². The number of aromatic nitrogens is 2. The molecule has 3 rings (SSSR count). The van der Waals surface area contributed by atoms with Gasteiger partial charge in [0.1, 0.15) is 5.69 Å². The lowest BCUT2D eigenvalue weighted by Crippen LogP contribution is -2.46. The Morgan fingerprint density at radius 1 is 1.52 bits per heavy atom. The second-order valence-corrected chi connectivity index (χ2v) is 7.29. The smallest absolute Gasteiger partial charge is 0.270 e. The Hall–Kier alpha value is -2.19. The SMILES string of the molecule is Cc1nc(-c2c[nH]c(C(=O)N3CCCC(C(=O)NCCN)C3)c2)cs1. The van der Waals surface area contributed by atoms with Crippen molar-refractivity contribution in [1.29, 1.82) is 0 Å². The van der Waals surface area contributed by atoms with E-state index in [0.717, 1.165) is 29.1 Å². The van der Waals surface area contributed by atoms with Gasteiger partial charge in [-0.2, -0.15) is 0 Å². The van der Waals surface area contributed by atoms with E-state index in [1.165, 1.54) is 0 Å². The van der Waals surface area contributed by atoms with Crippen molar-refractivity contribution in [2.75, 3.05) is 26.2 Å². The van der Waals surface area contributed by atoms with Gasteiger partial charge >= 0.3 is 0 Å². The fraction of sp³-hybridized carbons (Fsp3) is 0.471. The number of carbonyl (C=O) groups is 2. The lowest BCUT2D eigenvalue weighted by molar-refractivity contribution is -0.126. The molecule has 8 heteroatoms. The summed E-state index contributed by atoms with van der Waals surface area (Å²) in [5, 5.41) is 5.78. The highest BCUT2D eigenvalue weighted by Gasteiger charge is 2.29. The monoisotopic (exact) mass is 361 g/mol. The first kappa shape index (κ1) is 17.6. The molecule has 3 heterocycles. The summed E-state index contributed by atoms with van der Waals surface area (Å²) in [7, 11) is 0. The molecule has 1 atom stereocenters. The first-order chi connectivity index (χ1) is 12.1. The van der Waals surface area contributed by atoms with E-state index in [2.05, 4.69) is 15.3 Å². The zero-order valence-electron chi connectivity index (χ0n) is 14.2. The van der Waals surface area contributed by atoms with E-state index in [-0.39, 0.29) is 17.7 Å². The Labute approximate surface area is 150 Å². The summed E-state index contributed by atoms with van der Waals surface area (Å²) in [6.45, 7) is 3.96. The molecule has 2 amide bonds. The third-order valence-corrected chi connectivity index (χ3v) is 5.12. The normalized spacial score (nSPS) is 17.5. The van der Waals surface area contributed by atoms with Gasteiger partial charge in [0.15, 0.2) is 0 Å². The quantitative estimate of drug-likeness (QED) is 0.748. The minimum atomic E-state index is -0.167. The Morgan fingerprint density at radius 3 is 3.08 bits per heavy atom. The number of rotatable bonds is 5. The summed E-state index contributed by atoms with van der Waals surface area (Å²) in [6, 6.07) is 1.83. The van der Waals surface area contributed by atoms with Gasteiger partial charge in [-0.05, 0) is 25.8 Å². The van der Waals surface area contributed by atoms with Crippen LogP contribution < -0.4 is 11.1 Å². The molecular weight excluding hydrogens is 338 g/mol. The van der Waals surface area contributed by atoms with Crippen molar-refractivity contribution in [3.05, 3.63) is 28.3 Å². The van der Waals surface area contributed by atoms with E-state index in [4.69, 9.17) is 5.73 Å². The van der Waals surface area contributed by atoms with Crippen LogP contribution in [-0.4, -0.2) is 52.9 Å². The van der Waals surface area contributed by atoms with Crippen molar-refractivity contribution >= 4 is 23.2 Å². The molecule has 4 N–H and O–H groups in total. The number of piperidine rings is 1. The number of hydrogen-bond acceptors (Lipinski definition) is 5. The number of likely N-dealkylation sites (tertiary alicyclic amines) is 1. The molecule has 0 aromatic carbocycles. The molecule has 134 valence electrons. The third-order valence-electron chi connectivity index (χ3n) is 4.35. The summed E-state index contributed by atoms with van der Waals surface area (Å²) in [4.78, 5) is 34.1. The van der Waals surface area contributed by atoms with Gasteiger partial charge in [0, 0.05) is 43.3 Å². The minimum Gasteiger partial charge on any atom is -0.357 e. The summed E-state index contributed by atoms with van der Waals surface area (Å²) >= 11 is 1.58. The van der Waals surface area contributed by atoms with Crippen LogP contribution in [0.2, 0.25) is 0 Å². The van der Waals surface area contributed by atoms with Crippen molar-refractivity contribution in [3.8, 4) is 11.3 Å². The maximum absolute atomic E-state index is 12.8. The third kappa shape index (κ3) is 4.08. The second-order valence-electron chi connectivity index (χ2n) is 6.22. The Kier molecular flexibility index (Phi) is 5.50. The Balaban J connectivity index is 1.66. The number of nitrogens with zero attached hydrogens (tertiary/aromatic N) is 2. The molecule has 7 nitrogen and oxygen atoms in total. The molecule has 2 aromatic rings. The summed E-state index contributed by atoms with van der Waals surface area (Å²) in [6.07, 6.45) is 3.43. The van der Waals surface area contributed by atoms with Gasteiger partial charge in [0.25, 0.3) is 5.91 Å². The van der Waals surface area contributed by atoms with Crippen molar-refractivity contribution in [1.82, 2.24) is 20.2 Å². The van der Waals surface area contributed by atoms with Crippen LogP contribution in [0.3, 0.4) is 0 Å². The van der Waals surface area contributed by atoms with Crippen LogP contribution in [0.5, 0.6) is 0 Å². The van der Waals surface area contributed by atoms with Gasteiger partial charge in [-0.25, -0.2) is 4.98 Å². The summed E-state index contributed by atoms with van der Waals surface area (Å²) in [5.74, 6) is -0.262. The number of aryl methyl sites for hydroxylation is 1. The zero-order valence-corrected chi connectivity index (χ0v) is 15.1. The second kappa shape index (κ2) is 7.79. The van der Waals surface area contributed by atoms with Gasteiger partial charge in [-0.1, -0.05) is 0 Å². The molecule has 25 heavy (non-hydrogen) atoms. The predicted octanol–water partition coefficient (Wildman–Crippen LogP) is 1.37. The van der Waals surface area contributed by atoms with Crippen molar-refractivity contribution < 1.29 is 9.59 Å². The van der Waals surface area contributed by atoms with Crippen LogP contribution in [0.15, 0.2) is 17.6 Å². The largest absolute Gasteiger partial charge is 0.357 e. The fourth-order valence-corrected chi connectivity index (χ4v) is 3.67. The maximum atomic E-state index is 12.8. The van der Waals surface area contributed by atoms with Gasteiger partial charge in [-0.15, -0.1) is 11.3 Å². The minimum absolute atomic E-state index is 0.0203. The maximum Gasteiger partial charge on any atom is 0.270 e. The van der Waals surface area contributed by atoms with E-state index in [1.54, 1.807) is 22.4 Å². The number of hydrogen-bond donors (Lipinski definition) is 3. The number of carbonyl (C=O) groups excluding carboxylic acids is 2.